The molecule has 1 aromatic carbocycles. The highest BCUT2D eigenvalue weighted by Crippen LogP contribution is 2.16. The number of benzene rings is 1. The predicted molar refractivity (Wildman–Crippen MR) is 65.4 cm³/mol. The van der Waals surface area contributed by atoms with Crippen LogP contribution in [0.2, 0.25) is 5.02 Å². The number of rotatable bonds is 4. The van der Waals surface area contributed by atoms with Crippen LogP contribution < -0.4 is 5.32 Å². The second-order valence-electron chi connectivity index (χ2n) is 3.90. The van der Waals surface area contributed by atoms with Gasteiger partial charge in [0.2, 0.25) is 0 Å². The zero-order valence-electron chi connectivity index (χ0n) is 9.41. The van der Waals surface area contributed by atoms with Crippen LogP contribution in [0.15, 0.2) is 41.0 Å². The Kier molecular flexibility index (Phi) is 3.82. The molecule has 0 aliphatic heterocycles. The maximum atomic E-state index is 13.1. The topological polar surface area (TPSA) is 25.2 Å². The maximum absolute atomic E-state index is 13.1. The molecule has 2 nitrogen and oxygen atoms in total. The Hall–Kier alpha value is -1.32. The first-order valence-electron chi connectivity index (χ1n) is 5.37. The van der Waals surface area contributed by atoms with Crippen molar-refractivity contribution in [1.29, 1.82) is 0 Å². The van der Waals surface area contributed by atoms with Gasteiger partial charge < -0.3 is 9.73 Å². The van der Waals surface area contributed by atoms with E-state index in [0.29, 0.717) is 11.6 Å². The number of halogens is 2. The van der Waals surface area contributed by atoms with Crippen LogP contribution in [0.5, 0.6) is 0 Å². The van der Waals surface area contributed by atoms with E-state index in [9.17, 15) is 4.39 Å². The maximum Gasteiger partial charge on any atom is 0.125 e. The SMILES string of the molecule is C[C@H](NCc1cc(F)cc(Cl)c1)c1ccco1. The Labute approximate surface area is 104 Å². The summed E-state index contributed by atoms with van der Waals surface area (Å²) in [5, 5.41) is 3.65. The van der Waals surface area contributed by atoms with Crippen molar-refractivity contribution in [3.63, 3.8) is 0 Å². The van der Waals surface area contributed by atoms with E-state index in [1.807, 2.05) is 19.1 Å². The van der Waals surface area contributed by atoms with Crippen molar-refractivity contribution >= 4 is 11.6 Å². The quantitative estimate of drug-likeness (QED) is 0.893. The molecule has 17 heavy (non-hydrogen) atoms. The molecule has 0 fully saturated rings. The molecule has 0 aliphatic carbocycles. The van der Waals surface area contributed by atoms with Crippen molar-refractivity contribution in [2.75, 3.05) is 0 Å². The molecule has 0 radical (unpaired) electrons. The van der Waals surface area contributed by atoms with Gasteiger partial charge in [-0.3, -0.25) is 0 Å². The number of hydrogen-bond donors (Lipinski definition) is 1. The molecule has 1 heterocycles. The largest absolute Gasteiger partial charge is 0.468 e. The van der Waals surface area contributed by atoms with E-state index < -0.39 is 0 Å². The second-order valence-corrected chi connectivity index (χ2v) is 4.33. The molecule has 0 bridgehead atoms. The summed E-state index contributed by atoms with van der Waals surface area (Å²) >= 11 is 5.78. The predicted octanol–water partition coefficient (Wildman–Crippen LogP) is 3.92. The zero-order chi connectivity index (χ0) is 12.3. The molecular formula is C13H13ClFNO. The molecule has 2 aromatic rings. The van der Waals surface area contributed by atoms with Crippen molar-refractivity contribution in [2.24, 2.45) is 0 Å². The van der Waals surface area contributed by atoms with Gasteiger partial charge in [-0.15, -0.1) is 0 Å². The molecule has 1 N–H and O–H groups in total. The average Bonchev–Trinajstić information content (AvgIpc) is 2.78. The molecule has 90 valence electrons. The van der Waals surface area contributed by atoms with Gasteiger partial charge in [0.1, 0.15) is 11.6 Å². The number of nitrogens with one attached hydrogen (secondary N) is 1. The molecule has 0 saturated carbocycles. The summed E-state index contributed by atoms with van der Waals surface area (Å²) in [6.45, 7) is 2.53. The Morgan fingerprint density at radius 1 is 1.41 bits per heavy atom. The normalized spacial score (nSPS) is 12.6. The van der Waals surface area contributed by atoms with Gasteiger partial charge in [0, 0.05) is 11.6 Å². The first-order valence-corrected chi connectivity index (χ1v) is 5.74. The van der Waals surface area contributed by atoms with Crippen molar-refractivity contribution < 1.29 is 8.81 Å². The lowest BCUT2D eigenvalue weighted by molar-refractivity contribution is 0.430. The van der Waals surface area contributed by atoms with Crippen molar-refractivity contribution in [3.8, 4) is 0 Å². The Morgan fingerprint density at radius 2 is 2.24 bits per heavy atom. The number of furan rings is 1. The van der Waals surface area contributed by atoms with Gasteiger partial charge in [0.15, 0.2) is 0 Å². The van der Waals surface area contributed by atoms with Crippen LogP contribution in [0.3, 0.4) is 0 Å². The Balaban J connectivity index is 1.98. The second kappa shape index (κ2) is 5.34. The fourth-order valence-corrected chi connectivity index (χ4v) is 1.87. The molecular weight excluding hydrogens is 241 g/mol. The van der Waals surface area contributed by atoms with Gasteiger partial charge in [-0.1, -0.05) is 11.6 Å². The first-order chi connectivity index (χ1) is 8.15. The standard InChI is InChI=1S/C13H13ClFNO/c1-9(13-3-2-4-17-13)16-8-10-5-11(14)7-12(15)6-10/h2-7,9,16H,8H2,1H3/t9-/m0/s1. The van der Waals surface area contributed by atoms with Gasteiger partial charge in [-0.25, -0.2) is 4.39 Å². The monoisotopic (exact) mass is 253 g/mol. The van der Waals surface area contributed by atoms with E-state index in [2.05, 4.69) is 5.32 Å². The fraction of sp³-hybridized carbons (Fsp3) is 0.231. The van der Waals surface area contributed by atoms with E-state index >= 15 is 0 Å². The highest BCUT2D eigenvalue weighted by molar-refractivity contribution is 6.30. The van der Waals surface area contributed by atoms with E-state index in [4.69, 9.17) is 16.0 Å². The summed E-state index contributed by atoms with van der Waals surface area (Å²) in [6.07, 6.45) is 1.63. The first kappa shape index (κ1) is 12.1. The minimum absolute atomic E-state index is 0.0760. The van der Waals surface area contributed by atoms with Gasteiger partial charge in [-0.2, -0.15) is 0 Å². The van der Waals surface area contributed by atoms with Crippen LogP contribution in [-0.4, -0.2) is 0 Å². The van der Waals surface area contributed by atoms with Crippen LogP contribution in [0.1, 0.15) is 24.3 Å². The summed E-state index contributed by atoms with van der Waals surface area (Å²) in [6, 6.07) is 8.32. The van der Waals surface area contributed by atoms with Crippen LogP contribution in [0.25, 0.3) is 0 Å². The van der Waals surface area contributed by atoms with Gasteiger partial charge in [-0.05, 0) is 42.8 Å². The Bertz CT molecular complexity index is 464. The third-order valence-corrected chi connectivity index (χ3v) is 2.72. The smallest absolute Gasteiger partial charge is 0.125 e. The average molecular weight is 254 g/mol. The zero-order valence-corrected chi connectivity index (χ0v) is 10.2. The van der Waals surface area contributed by atoms with E-state index in [0.717, 1.165) is 11.3 Å². The third kappa shape index (κ3) is 3.32. The molecule has 1 aromatic heterocycles. The molecule has 0 unspecified atom stereocenters. The molecule has 0 spiro atoms. The summed E-state index contributed by atoms with van der Waals surface area (Å²) in [4.78, 5) is 0. The van der Waals surface area contributed by atoms with Crippen LogP contribution in [-0.2, 0) is 6.54 Å². The van der Waals surface area contributed by atoms with Crippen molar-refractivity contribution in [2.45, 2.75) is 19.5 Å². The molecule has 0 saturated heterocycles. The van der Waals surface area contributed by atoms with E-state index in [1.54, 1.807) is 12.3 Å². The lowest BCUT2D eigenvalue weighted by Crippen LogP contribution is -2.17. The third-order valence-electron chi connectivity index (χ3n) is 2.50. The summed E-state index contributed by atoms with van der Waals surface area (Å²) < 4.78 is 18.4. The molecule has 0 aliphatic rings. The lowest BCUT2D eigenvalue weighted by Gasteiger charge is -2.11. The molecule has 2 rings (SSSR count). The Morgan fingerprint density at radius 3 is 2.88 bits per heavy atom. The van der Waals surface area contributed by atoms with Crippen LogP contribution in [0.4, 0.5) is 4.39 Å². The minimum Gasteiger partial charge on any atom is -0.468 e. The van der Waals surface area contributed by atoms with Gasteiger partial charge >= 0.3 is 0 Å². The minimum atomic E-state index is -0.319. The molecule has 1 atom stereocenters. The van der Waals surface area contributed by atoms with Crippen molar-refractivity contribution in [3.05, 3.63) is 58.8 Å². The van der Waals surface area contributed by atoms with E-state index in [1.165, 1.54) is 12.1 Å². The summed E-state index contributed by atoms with van der Waals surface area (Å²) in [5.41, 5.74) is 0.813. The lowest BCUT2D eigenvalue weighted by atomic mass is 10.2. The highest BCUT2D eigenvalue weighted by Gasteiger charge is 2.07. The van der Waals surface area contributed by atoms with Crippen LogP contribution >= 0.6 is 11.6 Å². The molecule has 0 amide bonds. The van der Waals surface area contributed by atoms with E-state index in [-0.39, 0.29) is 11.9 Å². The van der Waals surface area contributed by atoms with Crippen LogP contribution in [0, 0.1) is 5.82 Å². The highest BCUT2D eigenvalue weighted by atomic mass is 35.5. The summed E-state index contributed by atoms with van der Waals surface area (Å²) in [5.74, 6) is 0.535. The summed E-state index contributed by atoms with van der Waals surface area (Å²) in [7, 11) is 0. The van der Waals surface area contributed by atoms with Gasteiger partial charge in [0.05, 0.1) is 12.3 Å². The van der Waals surface area contributed by atoms with Crippen molar-refractivity contribution in [1.82, 2.24) is 5.32 Å². The molecule has 4 heteroatoms. The van der Waals surface area contributed by atoms with Gasteiger partial charge in [0.25, 0.3) is 0 Å². The fourth-order valence-electron chi connectivity index (χ4n) is 1.62. The number of hydrogen-bond acceptors (Lipinski definition) is 2.